The Kier molecular flexibility index (Phi) is 4.18. The van der Waals surface area contributed by atoms with E-state index >= 15 is 0 Å². The number of hydrogen-bond donors (Lipinski definition) is 2. The second-order valence-electron chi connectivity index (χ2n) is 4.54. The highest BCUT2D eigenvalue weighted by atomic mass is 32.1. The lowest BCUT2D eigenvalue weighted by Crippen LogP contribution is -2.34. The Bertz CT molecular complexity index is 389. The highest BCUT2D eigenvalue weighted by Crippen LogP contribution is 2.25. The van der Waals surface area contributed by atoms with Crippen LogP contribution in [0.2, 0.25) is 0 Å². The summed E-state index contributed by atoms with van der Waals surface area (Å²) >= 11 is 1.74. The monoisotopic (exact) mass is 253 g/mol. The molecule has 2 unspecified atom stereocenters. The third-order valence-electron chi connectivity index (χ3n) is 3.32. The fraction of sp³-hybridized carbons (Fsp3) is 0.615. The molecular weight excluding hydrogens is 234 g/mol. The Labute approximate surface area is 106 Å². The Morgan fingerprint density at radius 3 is 2.82 bits per heavy atom. The van der Waals surface area contributed by atoms with Crippen LogP contribution in [0.5, 0.6) is 0 Å². The van der Waals surface area contributed by atoms with E-state index in [1.807, 2.05) is 0 Å². The maximum absolute atomic E-state index is 11.8. The Balaban J connectivity index is 1.83. The van der Waals surface area contributed by atoms with Crippen molar-refractivity contribution in [1.29, 1.82) is 0 Å². The number of amides is 1. The molecule has 1 saturated carbocycles. The summed E-state index contributed by atoms with van der Waals surface area (Å²) in [6.45, 7) is 2.72. The average molecular weight is 253 g/mol. The molecule has 0 bridgehead atoms. The number of hydrogen-bond acceptors (Lipinski definition) is 3. The van der Waals surface area contributed by atoms with Gasteiger partial charge >= 0.3 is 0 Å². The van der Waals surface area contributed by atoms with Crippen LogP contribution in [-0.2, 0) is 17.8 Å². The minimum absolute atomic E-state index is 0.00134. The molecule has 1 heterocycles. The third kappa shape index (κ3) is 3.07. The number of aryl methyl sites for hydroxylation is 1. The molecule has 4 heteroatoms. The number of carbonyl (C=O) groups excluding carboxylic acids is 1. The van der Waals surface area contributed by atoms with Gasteiger partial charge in [0.15, 0.2) is 0 Å². The third-order valence-corrected chi connectivity index (χ3v) is 4.55. The van der Waals surface area contributed by atoms with Crippen molar-refractivity contribution in [3.8, 4) is 0 Å². The summed E-state index contributed by atoms with van der Waals surface area (Å²) in [5, 5.41) is 12.6. The SMILES string of the molecule is CCc1ccc(CNC(=O)C2CCCC2O)s1. The molecule has 17 heavy (non-hydrogen) atoms. The van der Waals surface area contributed by atoms with E-state index in [2.05, 4.69) is 24.4 Å². The molecule has 3 nitrogen and oxygen atoms in total. The summed E-state index contributed by atoms with van der Waals surface area (Å²) in [5.41, 5.74) is 0. The Morgan fingerprint density at radius 2 is 2.24 bits per heavy atom. The Hall–Kier alpha value is -0.870. The van der Waals surface area contributed by atoms with Crippen molar-refractivity contribution in [3.05, 3.63) is 21.9 Å². The van der Waals surface area contributed by atoms with Crippen LogP contribution in [0.3, 0.4) is 0 Å². The van der Waals surface area contributed by atoms with Gasteiger partial charge in [0.05, 0.1) is 18.6 Å². The number of nitrogens with one attached hydrogen (secondary N) is 1. The molecule has 1 aliphatic carbocycles. The number of carbonyl (C=O) groups is 1. The standard InChI is InChI=1S/C13H19NO2S/c1-2-9-6-7-10(17-9)8-14-13(16)11-4-3-5-12(11)15/h6-7,11-12,15H,2-5,8H2,1H3,(H,14,16). The van der Waals surface area contributed by atoms with E-state index in [4.69, 9.17) is 0 Å². The van der Waals surface area contributed by atoms with Crippen molar-refractivity contribution in [2.45, 2.75) is 45.3 Å². The summed E-state index contributed by atoms with van der Waals surface area (Å²) in [6.07, 6.45) is 3.14. The molecule has 1 aromatic heterocycles. The molecule has 0 spiro atoms. The van der Waals surface area contributed by atoms with Crippen molar-refractivity contribution in [2.75, 3.05) is 0 Å². The molecule has 94 valence electrons. The van der Waals surface area contributed by atoms with Crippen LogP contribution >= 0.6 is 11.3 Å². The van der Waals surface area contributed by atoms with Crippen LogP contribution < -0.4 is 5.32 Å². The zero-order valence-electron chi connectivity index (χ0n) is 10.1. The lowest BCUT2D eigenvalue weighted by atomic mass is 10.1. The van der Waals surface area contributed by atoms with Gasteiger partial charge in [0, 0.05) is 9.75 Å². The maximum Gasteiger partial charge on any atom is 0.226 e. The fourth-order valence-corrected chi connectivity index (χ4v) is 3.16. The number of aliphatic hydroxyl groups excluding tert-OH is 1. The van der Waals surface area contributed by atoms with E-state index < -0.39 is 6.10 Å². The highest BCUT2D eigenvalue weighted by molar-refractivity contribution is 7.11. The minimum Gasteiger partial charge on any atom is -0.392 e. The molecule has 2 rings (SSSR count). The van der Waals surface area contributed by atoms with E-state index in [1.165, 1.54) is 9.75 Å². The zero-order chi connectivity index (χ0) is 12.3. The average Bonchev–Trinajstić information content (AvgIpc) is 2.94. The van der Waals surface area contributed by atoms with Crippen molar-refractivity contribution < 1.29 is 9.90 Å². The van der Waals surface area contributed by atoms with Gasteiger partial charge in [0.2, 0.25) is 5.91 Å². The molecule has 2 atom stereocenters. The molecule has 0 radical (unpaired) electrons. The topological polar surface area (TPSA) is 49.3 Å². The summed E-state index contributed by atoms with van der Waals surface area (Å²) in [6, 6.07) is 4.17. The number of rotatable bonds is 4. The quantitative estimate of drug-likeness (QED) is 0.863. The van der Waals surface area contributed by atoms with E-state index in [9.17, 15) is 9.90 Å². The zero-order valence-corrected chi connectivity index (χ0v) is 10.9. The van der Waals surface area contributed by atoms with E-state index in [0.717, 1.165) is 25.7 Å². The fourth-order valence-electron chi connectivity index (χ4n) is 2.26. The largest absolute Gasteiger partial charge is 0.392 e. The molecule has 1 aliphatic rings. The van der Waals surface area contributed by atoms with Gasteiger partial charge in [-0.05, 0) is 37.8 Å². The number of thiophene rings is 1. The van der Waals surface area contributed by atoms with Crippen LogP contribution in [-0.4, -0.2) is 17.1 Å². The maximum atomic E-state index is 11.8. The normalized spacial score (nSPS) is 23.9. The van der Waals surface area contributed by atoms with Crippen LogP contribution in [0.4, 0.5) is 0 Å². The molecule has 1 amide bonds. The van der Waals surface area contributed by atoms with Gasteiger partial charge in [-0.15, -0.1) is 11.3 Å². The highest BCUT2D eigenvalue weighted by Gasteiger charge is 2.31. The van der Waals surface area contributed by atoms with E-state index in [0.29, 0.717) is 6.54 Å². The minimum atomic E-state index is -0.440. The van der Waals surface area contributed by atoms with Gasteiger partial charge < -0.3 is 10.4 Å². The second kappa shape index (κ2) is 5.65. The van der Waals surface area contributed by atoms with Gasteiger partial charge in [-0.3, -0.25) is 4.79 Å². The van der Waals surface area contributed by atoms with Crippen LogP contribution in [0.15, 0.2) is 12.1 Å². The van der Waals surface area contributed by atoms with Crippen molar-refractivity contribution in [1.82, 2.24) is 5.32 Å². The molecule has 0 aliphatic heterocycles. The summed E-state index contributed by atoms with van der Waals surface area (Å²) in [5.74, 6) is -0.193. The number of aliphatic hydroxyl groups is 1. The molecule has 0 aromatic carbocycles. The van der Waals surface area contributed by atoms with Crippen molar-refractivity contribution in [2.24, 2.45) is 5.92 Å². The molecule has 1 fully saturated rings. The van der Waals surface area contributed by atoms with Gasteiger partial charge in [-0.2, -0.15) is 0 Å². The predicted octanol–water partition coefficient (Wildman–Crippen LogP) is 2.09. The van der Waals surface area contributed by atoms with Crippen LogP contribution in [0.1, 0.15) is 35.9 Å². The molecular formula is C13H19NO2S. The van der Waals surface area contributed by atoms with Gasteiger partial charge in [-0.25, -0.2) is 0 Å². The Morgan fingerprint density at radius 1 is 1.47 bits per heavy atom. The molecule has 0 saturated heterocycles. The first-order valence-electron chi connectivity index (χ1n) is 6.24. The van der Waals surface area contributed by atoms with Crippen LogP contribution in [0, 0.1) is 5.92 Å². The smallest absolute Gasteiger partial charge is 0.226 e. The first-order chi connectivity index (χ1) is 8.20. The lowest BCUT2D eigenvalue weighted by molar-refractivity contribution is -0.127. The summed E-state index contributed by atoms with van der Waals surface area (Å²) in [7, 11) is 0. The van der Waals surface area contributed by atoms with Crippen molar-refractivity contribution in [3.63, 3.8) is 0 Å². The van der Waals surface area contributed by atoms with Gasteiger partial charge in [-0.1, -0.05) is 6.92 Å². The van der Waals surface area contributed by atoms with E-state index in [-0.39, 0.29) is 11.8 Å². The van der Waals surface area contributed by atoms with Crippen LogP contribution in [0.25, 0.3) is 0 Å². The summed E-state index contributed by atoms with van der Waals surface area (Å²) < 4.78 is 0. The predicted molar refractivity (Wildman–Crippen MR) is 68.9 cm³/mol. The van der Waals surface area contributed by atoms with E-state index in [1.54, 1.807) is 11.3 Å². The molecule has 1 aromatic rings. The van der Waals surface area contributed by atoms with Gasteiger partial charge in [0.1, 0.15) is 0 Å². The summed E-state index contributed by atoms with van der Waals surface area (Å²) in [4.78, 5) is 14.4. The van der Waals surface area contributed by atoms with Crippen molar-refractivity contribution >= 4 is 17.2 Å². The van der Waals surface area contributed by atoms with Gasteiger partial charge in [0.25, 0.3) is 0 Å². The second-order valence-corrected chi connectivity index (χ2v) is 5.80. The first kappa shape index (κ1) is 12.6. The first-order valence-corrected chi connectivity index (χ1v) is 7.05. The molecule has 2 N–H and O–H groups in total. The lowest BCUT2D eigenvalue weighted by Gasteiger charge is -2.13.